The molecule has 4 N–H and O–H groups in total. The van der Waals surface area contributed by atoms with Crippen LogP contribution < -0.4 is 0 Å². The fraction of sp³-hybridized carbons (Fsp3) is 0.500. The summed E-state index contributed by atoms with van der Waals surface area (Å²) in [5.74, 6) is -4.27. The predicted octanol–water partition coefficient (Wildman–Crippen LogP) is 7.73. The van der Waals surface area contributed by atoms with Gasteiger partial charge in [0.15, 0.2) is 28.8 Å². The minimum Gasteiger partial charge on any atom is -0.506 e. The van der Waals surface area contributed by atoms with Gasteiger partial charge in [0.05, 0.1) is 11.5 Å². The monoisotopic (exact) mass is 618 g/mol. The van der Waals surface area contributed by atoms with Crippen molar-refractivity contribution >= 4 is 23.1 Å². The number of fused-ring (bicyclic) bond motifs is 2. The third-order valence-electron chi connectivity index (χ3n) is 10.3. The van der Waals surface area contributed by atoms with E-state index < -0.39 is 68.4 Å². The Balaban J connectivity index is 2.46. The van der Waals surface area contributed by atoms with Gasteiger partial charge >= 0.3 is 0 Å². The highest BCUT2D eigenvalue weighted by Gasteiger charge is 2.74. The third kappa shape index (κ3) is 6.24. The number of carbonyl (C=O) groups is 3. The van der Waals surface area contributed by atoms with Crippen molar-refractivity contribution in [2.24, 2.45) is 28.1 Å². The Kier molecular flexibility index (Phi) is 10.3. The van der Waals surface area contributed by atoms with Crippen molar-refractivity contribution in [1.82, 2.24) is 0 Å². The maximum absolute atomic E-state index is 15.2. The number of phenolic OH excluding ortho intramolecular Hbond substituents is 2. The summed E-state index contributed by atoms with van der Waals surface area (Å²) in [4.78, 5) is 45.0. The molecule has 5 atom stereocenters. The molecule has 45 heavy (non-hydrogen) atoms. The fourth-order valence-electron chi connectivity index (χ4n) is 7.18. The van der Waals surface area contributed by atoms with Gasteiger partial charge in [-0.2, -0.15) is 0 Å². The van der Waals surface area contributed by atoms with Crippen molar-refractivity contribution in [3.05, 3.63) is 76.9 Å². The van der Waals surface area contributed by atoms with Crippen molar-refractivity contribution in [2.45, 2.75) is 93.6 Å². The number of rotatable bonds is 11. The Morgan fingerprint density at radius 1 is 0.933 bits per heavy atom. The van der Waals surface area contributed by atoms with E-state index in [2.05, 4.69) is 19.2 Å². The quantitative estimate of drug-likeness (QED) is 0.0498. The van der Waals surface area contributed by atoms with Crippen LogP contribution in [0.4, 0.5) is 0 Å². The molecule has 0 heterocycles. The van der Waals surface area contributed by atoms with Crippen molar-refractivity contribution in [1.29, 1.82) is 0 Å². The average molecular weight is 619 g/mol. The predicted molar refractivity (Wildman–Crippen MR) is 178 cm³/mol. The van der Waals surface area contributed by atoms with Gasteiger partial charge in [-0.05, 0) is 109 Å². The van der Waals surface area contributed by atoms with Gasteiger partial charge in [-0.1, -0.05) is 61.4 Å². The van der Waals surface area contributed by atoms with E-state index in [9.17, 15) is 30.0 Å². The minimum absolute atomic E-state index is 0.00714. The summed E-state index contributed by atoms with van der Waals surface area (Å²) in [6, 6.07) is 3.56. The molecule has 0 radical (unpaired) electrons. The zero-order valence-electron chi connectivity index (χ0n) is 28.1. The van der Waals surface area contributed by atoms with Crippen LogP contribution in [-0.4, -0.2) is 43.9 Å². The van der Waals surface area contributed by atoms with E-state index in [0.29, 0.717) is 17.6 Å². The first-order valence-electron chi connectivity index (χ1n) is 15.6. The second kappa shape index (κ2) is 13.0. The van der Waals surface area contributed by atoms with Crippen LogP contribution in [0.25, 0.3) is 5.76 Å². The van der Waals surface area contributed by atoms with E-state index in [1.807, 2.05) is 47.6 Å². The molecule has 7 heteroatoms. The van der Waals surface area contributed by atoms with Crippen LogP contribution in [0.3, 0.4) is 0 Å². The number of aliphatic hydroxyl groups is 2. The molecule has 3 rings (SSSR count). The lowest BCUT2D eigenvalue weighted by Gasteiger charge is -2.61. The fourth-order valence-corrected chi connectivity index (χ4v) is 7.18. The van der Waals surface area contributed by atoms with E-state index in [1.54, 1.807) is 13.8 Å². The number of Topliss-reactive ketones (excluding diaryl/α,β-unsaturated/α-hetero) is 3. The standard InChI is InChI=1S/C38H50O7/c1-21(2)11-13-27-20-37(19-26(23(5)6)18-29(40)24(7)8)33(43)31(32(42)25-12-14-28(39)30(41)17-25)34(44)38(35(37)45,36(27,9)10)16-15-22(3)4/h11-12,14-15,17,26-27,29,39-42H,5,7,13,16,18-20H2,1-4,6,8-10H3/t26-,27+,29?,37-,38+/m1/s1. The molecule has 1 aromatic carbocycles. The first-order valence-corrected chi connectivity index (χ1v) is 15.6. The zero-order valence-corrected chi connectivity index (χ0v) is 28.1. The van der Waals surface area contributed by atoms with Crippen LogP contribution in [0.5, 0.6) is 11.5 Å². The third-order valence-corrected chi connectivity index (χ3v) is 10.3. The second-order valence-electron chi connectivity index (χ2n) is 14.4. The molecule has 7 nitrogen and oxygen atoms in total. The van der Waals surface area contributed by atoms with Crippen LogP contribution in [0.1, 0.15) is 93.1 Å². The molecule has 2 saturated carbocycles. The van der Waals surface area contributed by atoms with Gasteiger partial charge in [-0.25, -0.2) is 0 Å². The van der Waals surface area contributed by atoms with E-state index in [4.69, 9.17) is 0 Å². The van der Waals surface area contributed by atoms with E-state index >= 15 is 4.79 Å². The molecule has 244 valence electrons. The Morgan fingerprint density at radius 3 is 2.04 bits per heavy atom. The molecule has 1 aromatic rings. The Bertz CT molecular complexity index is 1510. The topological polar surface area (TPSA) is 132 Å². The molecule has 1 unspecified atom stereocenters. The summed E-state index contributed by atoms with van der Waals surface area (Å²) in [5, 5.41) is 42.6. The van der Waals surface area contributed by atoms with E-state index in [-0.39, 0.29) is 37.2 Å². The Hall–Kier alpha value is -3.71. The summed E-state index contributed by atoms with van der Waals surface area (Å²) in [5.41, 5.74) is -1.62. The van der Waals surface area contributed by atoms with Crippen LogP contribution in [-0.2, 0) is 14.4 Å². The molecule has 2 aliphatic carbocycles. The molecule has 2 fully saturated rings. The summed E-state index contributed by atoms with van der Waals surface area (Å²) in [7, 11) is 0. The normalized spacial score (nSPS) is 26.5. The number of hydrogen-bond donors (Lipinski definition) is 4. The summed E-state index contributed by atoms with van der Waals surface area (Å²) >= 11 is 0. The molecule has 0 amide bonds. The number of phenols is 2. The second-order valence-corrected chi connectivity index (χ2v) is 14.4. The first kappa shape index (κ1) is 35.8. The highest BCUT2D eigenvalue weighted by molar-refractivity contribution is 6.41. The molecule has 0 aromatic heterocycles. The highest BCUT2D eigenvalue weighted by atomic mass is 16.3. The maximum atomic E-state index is 15.2. The van der Waals surface area contributed by atoms with Crippen LogP contribution >= 0.6 is 0 Å². The first-order chi connectivity index (χ1) is 20.7. The molecule has 2 aliphatic rings. The lowest BCUT2D eigenvalue weighted by atomic mass is 9.38. The van der Waals surface area contributed by atoms with Gasteiger partial charge in [0.2, 0.25) is 0 Å². The van der Waals surface area contributed by atoms with Crippen LogP contribution in [0, 0.1) is 28.1 Å². The van der Waals surface area contributed by atoms with Gasteiger partial charge in [0, 0.05) is 5.56 Å². The van der Waals surface area contributed by atoms with Crippen molar-refractivity contribution in [3.63, 3.8) is 0 Å². The van der Waals surface area contributed by atoms with Gasteiger partial charge < -0.3 is 20.4 Å². The summed E-state index contributed by atoms with van der Waals surface area (Å²) in [6.45, 7) is 23.1. The number of aliphatic hydroxyl groups excluding tert-OH is 2. The van der Waals surface area contributed by atoms with Crippen LogP contribution in [0.2, 0.25) is 0 Å². The minimum atomic E-state index is -1.69. The maximum Gasteiger partial charge on any atom is 0.184 e. The van der Waals surface area contributed by atoms with E-state index in [0.717, 1.165) is 23.3 Å². The van der Waals surface area contributed by atoms with Crippen molar-refractivity contribution in [2.75, 3.05) is 0 Å². The number of ketones is 3. The number of carbonyl (C=O) groups excluding carboxylic acids is 3. The smallest absolute Gasteiger partial charge is 0.184 e. The number of allylic oxidation sites excluding steroid dienone is 6. The van der Waals surface area contributed by atoms with E-state index in [1.165, 1.54) is 6.07 Å². The molecule has 0 spiro atoms. The summed E-state index contributed by atoms with van der Waals surface area (Å²) in [6.07, 6.45) is 3.98. The lowest BCUT2D eigenvalue weighted by molar-refractivity contribution is -0.177. The zero-order chi connectivity index (χ0) is 34.2. The SMILES string of the molecule is C=C(C)C(O)C[C@H](C[C@@]12C[C@H](CC=C(C)C)C(C)(C)[C@@](CC=C(C)C)(C(=O)C(=C(O)c3ccc(O)c(O)c3)C1=O)C2=O)C(=C)C. The average Bonchev–Trinajstić information content (AvgIpc) is 2.93. The Labute approximate surface area is 267 Å². The van der Waals surface area contributed by atoms with Crippen molar-refractivity contribution in [3.8, 4) is 11.5 Å². The van der Waals surface area contributed by atoms with Gasteiger partial charge in [-0.3, -0.25) is 14.4 Å². The molecular formula is C38H50O7. The van der Waals surface area contributed by atoms with Gasteiger partial charge in [0.1, 0.15) is 16.7 Å². The van der Waals surface area contributed by atoms with Crippen molar-refractivity contribution < 1.29 is 34.8 Å². The highest BCUT2D eigenvalue weighted by Crippen LogP contribution is 2.66. The molecular weight excluding hydrogens is 568 g/mol. The molecule has 0 aliphatic heterocycles. The molecule has 0 saturated heterocycles. The van der Waals surface area contributed by atoms with Crippen LogP contribution in [0.15, 0.2) is 71.4 Å². The summed E-state index contributed by atoms with van der Waals surface area (Å²) < 4.78 is 0. The largest absolute Gasteiger partial charge is 0.506 e. The molecule has 2 bridgehead atoms. The number of benzene rings is 1. The lowest BCUT2D eigenvalue weighted by Crippen LogP contribution is -2.69. The number of aromatic hydroxyl groups is 2. The van der Waals surface area contributed by atoms with Gasteiger partial charge in [-0.15, -0.1) is 0 Å². The number of hydrogen-bond acceptors (Lipinski definition) is 7. The Morgan fingerprint density at radius 2 is 1.53 bits per heavy atom. The van der Waals surface area contributed by atoms with Gasteiger partial charge in [0.25, 0.3) is 0 Å².